The van der Waals surface area contributed by atoms with Crippen LogP contribution in [0.3, 0.4) is 0 Å². The molecule has 126 valence electrons. The van der Waals surface area contributed by atoms with E-state index in [9.17, 15) is 9.59 Å². The SMILES string of the molecule is C[C@@H](NC(=O)COC(=O)c1ccc(Cl)nc1)c1ccc(Cl)cc1Cl. The molecule has 0 bridgehead atoms. The number of nitrogens with one attached hydrogen (secondary N) is 1. The number of halogens is 3. The summed E-state index contributed by atoms with van der Waals surface area (Å²) in [4.78, 5) is 27.5. The monoisotopic (exact) mass is 386 g/mol. The summed E-state index contributed by atoms with van der Waals surface area (Å²) in [6, 6.07) is 7.56. The lowest BCUT2D eigenvalue weighted by Gasteiger charge is -2.16. The van der Waals surface area contributed by atoms with Crippen LogP contribution in [0.1, 0.15) is 28.9 Å². The lowest BCUT2D eigenvalue weighted by Crippen LogP contribution is -2.31. The third-order valence-electron chi connectivity index (χ3n) is 3.10. The van der Waals surface area contributed by atoms with Crippen molar-refractivity contribution in [2.75, 3.05) is 6.61 Å². The summed E-state index contributed by atoms with van der Waals surface area (Å²) in [7, 11) is 0. The molecule has 5 nitrogen and oxygen atoms in total. The van der Waals surface area contributed by atoms with E-state index in [0.29, 0.717) is 15.6 Å². The van der Waals surface area contributed by atoms with Crippen molar-refractivity contribution in [3.63, 3.8) is 0 Å². The maximum Gasteiger partial charge on any atom is 0.340 e. The summed E-state index contributed by atoms with van der Waals surface area (Å²) in [5, 5.41) is 3.91. The van der Waals surface area contributed by atoms with Gasteiger partial charge >= 0.3 is 5.97 Å². The molecule has 0 unspecified atom stereocenters. The fourth-order valence-electron chi connectivity index (χ4n) is 1.92. The molecule has 2 aromatic rings. The van der Waals surface area contributed by atoms with Crippen LogP contribution >= 0.6 is 34.8 Å². The molecule has 2 rings (SSSR count). The third-order valence-corrected chi connectivity index (χ3v) is 3.89. The fourth-order valence-corrected chi connectivity index (χ4v) is 2.61. The highest BCUT2D eigenvalue weighted by Gasteiger charge is 2.15. The average Bonchev–Trinajstić information content (AvgIpc) is 2.53. The van der Waals surface area contributed by atoms with Crippen molar-refractivity contribution < 1.29 is 14.3 Å². The minimum atomic E-state index is -0.661. The van der Waals surface area contributed by atoms with Crippen LogP contribution < -0.4 is 5.32 Å². The Morgan fingerprint density at radius 3 is 2.58 bits per heavy atom. The molecular formula is C16H13Cl3N2O3. The summed E-state index contributed by atoms with van der Waals surface area (Å²) in [5.74, 6) is -1.12. The van der Waals surface area contributed by atoms with Gasteiger partial charge in [-0.25, -0.2) is 9.78 Å². The van der Waals surface area contributed by atoms with E-state index in [-0.39, 0.29) is 16.8 Å². The van der Waals surface area contributed by atoms with Crippen LogP contribution in [-0.4, -0.2) is 23.5 Å². The number of carbonyl (C=O) groups is 2. The number of rotatable bonds is 5. The summed E-state index contributed by atoms with van der Waals surface area (Å²) in [5.41, 5.74) is 0.920. The molecule has 0 radical (unpaired) electrons. The molecule has 1 amide bonds. The number of nitrogens with zero attached hydrogens (tertiary/aromatic N) is 1. The Hall–Kier alpha value is -1.82. The standard InChI is InChI=1S/C16H13Cl3N2O3/c1-9(12-4-3-11(17)6-13(12)18)21-15(22)8-24-16(23)10-2-5-14(19)20-7-10/h2-7,9H,8H2,1H3,(H,21,22)/t9-/m1/s1. The van der Waals surface area contributed by atoms with Crippen LogP contribution in [0, 0.1) is 0 Å². The predicted molar refractivity (Wildman–Crippen MR) is 92.5 cm³/mol. The number of pyridine rings is 1. The van der Waals surface area contributed by atoms with Gasteiger partial charge in [-0.1, -0.05) is 40.9 Å². The molecule has 24 heavy (non-hydrogen) atoms. The number of hydrogen-bond donors (Lipinski definition) is 1. The zero-order valence-electron chi connectivity index (χ0n) is 12.6. The van der Waals surface area contributed by atoms with Crippen molar-refractivity contribution in [3.8, 4) is 0 Å². The molecule has 0 saturated heterocycles. The topological polar surface area (TPSA) is 68.3 Å². The van der Waals surface area contributed by atoms with Crippen LogP contribution in [0.2, 0.25) is 15.2 Å². The molecule has 1 atom stereocenters. The molecule has 1 aromatic carbocycles. The molecule has 0 fully saturated rings. The smallest absolute Gasteiger partial charge is 0.340 e. The minimum Gasteiger partial charge on any atom is -0.452 e. The van der Waals surface area contributed by atoms with Gasteiger partial charge in [-0.3, -0.25) is 4.79 Å². The number of benzene rings is 1. The highest BCUT2D eigenvalue weighted by atomic mass is 35.5. The number of ether oxygens (including phenoxy) is 1. The van der Waals surface area contributed by atoms with E-state index in [0.717, 1.165) is 0 Å². The Morgan fingerprint density at radius 2 is 1.96 bits per heavy atom. The van der Waals surface area contributed by atoms with E-state index < -0.39 is 18.5 Å². The van der Waals surface area contributed by atoms with E-state index in [1.54, 1.807) is 25.1 Å². The maximum atomic E-state index is 11.9. The number of aromatic nitrogens is 1. The Balaban J connectivity index is 1.88. The van der Waals surface area contributed by atoms with Gasteiger partial charge in [0.05, 0.1) is 11.6 Å². The van der Waals surface area contributed by atoms with Gasteiger partial charge in [0.25, 0.3) is 5.91 Å². The zero-order valence-corrected chi connectivity index (χ0v) is 14.8. The fraction of sp³-hybridized carbons (Fsp3) is 0.188. The molecule has 1 aromatic heterocycles. The zero-order chi connectivity index (χ0) is 17.7. The molecule has 1 N–H and O–H groups in total. The quantitative estimate of drug-likeness (QED) is 0.620. The second-order valence-electron chi connectivity index (χ2n) is 4.90. The first kappa shape index (κ1) is 18.5. The largest absolute Gasteiger partial charge is 0.452 e. The summed E-state index contributed by atoms with van der Waals surface area (Å²) in [6.07, 6.45) is 1.28. The van der Waals surface area contributed by atoms with Crippen LogP contribution in [-0.2, 0) is 9.53 Å². The van der Waals surface area contributed by atoms with Gasteiger partial charge in [0.1, 0.15) is 5.15 Å². The Kier molecular flexibility index (Phi) is 6.43. The first-order valence-corrected chi connectivity index (χ1v) is 8.03. The van der Waals surface area contributed by atoms with E-state index >= 15 is 0 Å². The maximum absolute atomic E-state index is 11.9. The van der Waals surface area contributed by atoms with E-state index in [1.165, 1.54) is 18.3 Å². The Bertz CT molecular complexity index is 751. The average molecular weight is 388 g/mol. The van der Waals surface area contributed by atoms with Crippen LogP contribution in [0.5, 0.6) is 0 Å². The van der Waals surface area contributed by atoms with Gasteiger partial charge in [-0.05, 0) is 36.8 Å². The van der Waals surface area contributed by atoms with Crippen LogP contribution in [0.15, 0.2) is 36.5 Å². The van der Waals surface area contributed by atoms with E-state index in [4.69, 9.17) is 39.5 Å². The molecule has 0 aliphatic rings. The summed E-state index contributed by atoms with van der Waals surface area (Å²) in [6.45, 7) is 1.34. The Labute approximate surface area is 153 Å². The molecule has 0 aliphatic carbocycles. The second kappa shape index (κ2) is 8.33. The minimum absolute atomic E-state index is 0.209. The van der Waals surface area contributed by atoms with E-state index in [2.05, 4.69) is 10.3 Å². The highest BCUT2D eigenvalue weighted by molar-refractivity contribution is 6.35. The molecule has 0 saturated carbocycles. The molecule has 1 heterocycles. The lowest BCUT2D eigenvalue weighted by molar-refractivity contribution is -0.124. The third kappa shape index (κ3) is 5.09. The van der Waals surface area contributed by atoms with Crippen molar-refractivity contribution in [2.24, 2.45) is 0 Å². The predicted octanol–water partition coefficient (Wildman–Crippen LogP) is 4.08. The van der Waals surface area contributed by atoms with Gasteiger partial charge in [0, 0.05) is 16.2 Å². The normalized spacial score (nSPS) is 11.7. The first-order valence-electron chi connectivity index (χ1n) is 6.90. The number of hydrogen-bond acceptors (Lipinski definition) is 4. The van der Waals surface area contributed by atoms with Crippen molar-refractivity contribution in [1.29, 1.82) is 0 Å². The highest BCUT2D eigenvalue weighted by Crippen LogP contribution is 2.25. The molecule has 8 heteroatoms. The summed E-state index contributed by atoms with van der Waals surface area (Å²) >= 11 is 17.6. The Morgan fingerprint density at radius 1 is 1.21 bits per heavy atom. The summed E-state index contributed by atoms with van der Waals surface area (Å²) < 4.78 is 4.93. The van der Waals surface area contributed by atoms with E-state index in [1.807, 2.05) is 0 Å². The van der Waals surface area contributed by atoms with Crippen molar-refractivity contribution in [2.45, 2.75) is 13.0 Å². The second-order valence-corrected chi connectivity index (χ2v) is 6.13. The van der Waals surface area contributed by atoms with Gasteiger partial charge in [0.15, 0.2) is 6.61 Å². The number of carbonyl (C=O) groups excluding carboxylic acids is 2. The molecule has 0 aliphatic heterocycles. The van der Waals surface area contributed by atoms with Crippen LogP contribution in [0.25, 0.3) is 0 Å². The number of amides is 1. The molecule has 0 spiro atoms. The lowest BCUT2D eigenvalue weighted by atomic mass is 10.1. The van der Waals surface area contributed by atoms with Crippen molar-refractivity contribution >= 4 is 46.7 Å². The van der Waals surface area contributed by atoms with Gasteiger partial charge in [0.2, 0.25) is 0 Å². The number of esters is 1. The molecular weight excluding hydrogens is 375 g/mol. The van der Waals surface area contributed by atoms with Gasteiger partial charge in [-0.2, -0.15) is 0 Å². The van der Waals surface area contributed by atoms with Crippen LogP contribution in [0.4, 0.5) is 0 Å². The van der Waals surface area contributed by atoms with Gasteiger partial charge in [-0.15, -0.1) is 0 Å². The van der Waals surface area contributed by atoms with Gasteiger partial charge < -0.3 is 10.1 Å². The van der Waals surface area contributed by atoms with Crippen molar-refractivity contribution in [1.82, 2.24) is 10.3 Å². The first-order chi connectivity index (χ1) is 11.4. The van der Waals surface area contributed by atoms with Crippen molar-refractivity contribution in [3.05, 3.63) is 62.9 Å².